The van der Waals surface area contributed by atoms with Crippen LogP contribution in [0, 0.1) is 0 Å². The van der Waals surface area contributed by atoms with E-state index in [1.54, 1.807) is 0 Å². The molecule has 6 nitrogen and oxygen atoms in total. The number of H-pyrrole nitrogens is 1. The minimum absolute atomic E-state index is 0.508. The number of ether oxygens (including phenoxy) is 1. The quantitative estimate of drug-likeness (QED) is 0.250. The van der Waals surface area contributed by atoms with Gasteiger partial charge in [0.15, 0.2) is 5.82 Å². The first kappa shape index (κ1) is 22.6. The number of aromatic nitrogens is 5. The number of aryl methyl sites for hydroxylation is 1. The number of nitrogens with zero attached hydrogens (tertiary/aromatic N) is 4. The molecule has 5 rings (SSSR count). The van der Waals surface area contributed by atoms with E-state index in [2.05, 4.69) is 106 Å². The topological polar surface area (TPSA) is 68.6 Å². The van der Waals surface area contributed by atoms with Gasteiger partial charge in [-0.25, -0.2) is 5.10 Å². The van der Waals surface area contributed by atoms with E-state index >= 15 is 0 Å². The van der Waals surface area contributed by atoms with E-state index in [4.69, 9.17) is 4.74 Å². The number of rotatable bonds is 9. The van der Waals surface area contributed by atoms with Crippen LogP contribution in [0.1, 0.15) is 31.4 Å². The summed E-state index contributed by atoms with van der Waals surface area (Å²) in [5.41, 5.74) is 7.95. The number of hydrogen-bond acceptors (Lipinski definition) is 4. The van der Waals surface area contributed by atoms with Gasteiger partial charge >= 0.3 is 0 Å². The standard InChI is InChI=1S/C29H29N5O/c1-4-7-26-25-14-15-34(18-20(2)3)27(25)12-13-28(26)35-19-21-8-5-9-22(16-21)23-10-6-11-24(17-23)29-30-32-33-31-29/h5-6,8-17H,2,4,7,18-19H2,1,3H3,(H,30,31,32,33). The van der Waals surface area contributed by atoms with Crippen molar-refractivity contribution in [3.63, 3.8) is 0 Å². The summed E-state index contributed by atoms with van der Waals surface area (Å²) in [4.78, 5) is 0. The number of nitrogens with one attached hydrogen (secondary N) is 1. The highest BCUT2D eigenvalue weighted by Gasteiger charge is 2.12. The molecule has 0 aliphatic carbocycles. The Bertz CT molecular complexity index is 1470. The Balaban J connectivity index is 1.39. The highest BCUT2D eigenvalue weighted by atomic mass is 16.5. The van der Waals surface area contributed by atoms with Crippen molar-refractivity contribution in [3.05, 3.63) is 96.2 Å². The lowest BCUT2D eigenvalue weighted by molar-refractivity contribution is 0.303. The van der Waals surface area contributed by atoms with Crippen molar-refractivity contribution in [1.82, 2.24) is 25.2 Å². The van der Waals surface area contributed by atoms with Crippen LogP contribution in [0.5, 0.6) is 5.75 Å². The predicted octanol–water partition coefficient (Wildman–Crippen LogP) is 6.60. The summed E-state index contributed by atoms with van der Waals surface area (Å²) in [5, 5.41) is 15.5. The van der Waals surface area contributed by atoms with Crippen molar-refractivity contribution < 1.29 is 4.74 Å². The number of hydrogen-bond donors (Lipinski definition) is 1. The predicted molar refractivity (Wildman–Crippen MR) is 140 cm³/mol. The third-order valence-electron chi connectivity index (χ3n) is 6.10. The fraction of sp³-hybridized carbons (Fsp3) is 0.207. The average Bonchev–Trinajstić information content (AvgIpc) is 3.55. The first-order valence-electron chi connectivity index (χ1n) is 11.9. The number of tetrazole rings is 1. The number of fused-ring (bicyclic) bond motifs is 1. The second-order valence-corrected chi connectivity index (χ2v) is 8.95. The first-order chi connectivity index (χ1) is 17.1. The molecule has 1 N–H and O–H groups in total. The molecule has 0 aliphatic heterocycles. The third-order valence-corrected chi connectivity index (χ3v) is 6.10. The zero-order valence-corrected chi connectivity index (χ0v) is 20.2. The van der Waals surface area contributed by atoms with E-state index < -0.39 is 0 Å². The van der Waals surface area contributed by atoms with Crippen molar-refractivity contribution >= 4 is 10.9 Å². The normalized spacial score (nSPS) is 11.1. The molecule has 0 unspecified atom stereocenters. The van der Waals surface area contributed by atoms with Gasteiger partial charge in [0.05, 0.1) is 0 Å². The van der Waals surface area contributed by atoms with Crippen molar-refractivity contribution in [2.45, 2.75) is 39.8 Å². The van der Waals surface area contributed by atoms with Crippen LogP contribution in [0.15, 0.2) is 85.1 Å². The maximum atomic E-state index is 6.39. The van der Waals surface area contributed by atoms with E-state index in [0.29, 0.717) is 12.4 Å². The molecule has 0 saturated carbocycles. The molecule has 0 saturated heterocycles. The monoisotopic (exact) mass is 463 g/mol. The van der Waals surface area contributed by atoms with E-state index in [1.165, 1.54) is 16.5 Å². The summed E-state index contributed by atoms with van der Waals surface area (Å²) in [7, 11) is 0. The van der Waals surface area contributed by atoms with Crippen LogP contribution in [-0.4, -0.2) is 25.2 Å². The van der Waals surface area contributed by atoms with E-state index in [1.807, 2.05) is 12.1 Å². The molecule has 0 spiro atoms. The van der Waals surface area contributed by atoms with Gasteiger partial charge in [-0.1, -0.05) is 61.9 Å². The molecule has 6 heteroatoms. The van der Waals surface area contributed by atoms with Gasteiger partial charge in [0.2, 0.25) is 0 Å². The summed E-state index contributed by atoms with van der Waals surface area (Å²) in [6, 6.07) is 23.1. The summed E-state index contributed by atoms with van der Waals surface area (Å²) in [5.74, 6) is 1.61. The maximum absolute atomic E-state index is 6.39. The SMILES string of the molecule is C=C(C)Cn1ccc2c(CCC)c(OCc3cccc(-c4cccc(-c5nnn[nH]5)c4)c3)ccc21. The van der Waals surface area contributed by atoms with Gasteiger partial charge < -0.3 is 9.30 Å². The fourth-order valence-electron chi connectivity index (χ4n) is 4.51. The molecule has 0 atom stereocenters. The Hall–Kier alpha value is -4.19. The van der Waals surface area contributed by atoms with Gasteiger partial charge in [-0.2, -0.15) is 0 Å². The van der Waals surface area contributed by atoms with Gasteiger partial charge in [0, 0.05) is 34.8 Å². The third kappa shape index (κ3) is 4.87. The Morgan fingerprint density at radius 3 is 2.57 bits per heavy atom. The Kier molecular flexibility index (Phi) is 6.44. The smallest absolute Gasteiger partial charge is 0.179 e. The van der Waals surface area contributed by atoms with Crippen LogP contribution in [0.25, 0.3) is 33.4 Å². The highest BCUT2D eigenvalue weighted by molar-refractivity contribution is 5.86. The summed E-state index contributed by atoms with van der Waals surface area (Å²) in [6.45, 7) is 9.67. The van der Waals surface area contributed by atoms with Gasteiger partial charge in [-0.05, 0) is 70.8 Å². The molecule has 35 heavy (non-hydrogen) atoms. The van der Waals surface area contributed by atoms with Gasteiger partial charge in [-0.3, -0.25) is 0 Å². The lowest BCUT2D eigenvalue weighted by Gasteiger charge is -2.14. The lowest BCUT2D eigenvalue weighted by atomic mass is 10.0. The van der Waals surface area contributed by atoms with E-state index in [9.17, 15) is 0 Å². The van der Waals surface area contributed by atoms with Gasteiger partial charge in [0.25, 0.3) is 0 Å². The van der Waals surface area contributed by atoms with Crippen LogP contribution < -0.4 is 4.74 Å². The first-order valence-corrected chi connectivity index (χ1v) is 11.9. The Labute approximate surface area is 205 Å². The zero-order valence-electron chi connectivity index (χ0n) is 20.2. The zero-order chi connectivity index (χ0) is 24.2. The molecule has 3 aromatic carbocycles. The largest absolute Gasteiger partial charge is 0.489 e. The molecule has 0 fully saturated rings. The summed E-state index contributed by atoms with van der Waals surface area (Å²) in [6.07, 6.45) is 4.19. The second kappa shape index (κ2) is 9.97. The highest BCUT2D eigenvalue weighted by Crippen LogP contribution is 2.32. The molecule has 0 bridgehead atoms. The van der Waals surface area contributed by atoms with Gasteiger partial charge in [-0.15, -0.1) is 5.10 Å². The number of benzene rings is 3. The summed E-state index contributed by atoms with van der Waals surface area (Å²) < 4.78 is 8.65. The Morgan fingerprint density at radius 2 is 1.80 bits per heavy atom. The molecular weight excluding hydrogens is 434 g/mol. The summed E-state index contributed by atoms with van der Waals surface area (Å²) >= 11 is 0. The fourth-order valence-corrected chi connectivity index (χ4v) is 4.51. The molecule has 0 amide bonds. The molecule has 0 radical (unpaired) electrons. The number of allylic oxidation sites excluding steroid dienone is 1. The van der Waals surface area contributed by atoms with E-state index in [-0.39, 0.29) is 0 Å². The average molecular weight is 464 g/mol. The van der Waals surface area contributed by atoms with Crippen molar-refractivity contribution in [2.24, 2.45) is 0 Å². The van der Waals surface area contributed by atoms with Crippen LogP contribution in [0.2, 0.25) is 0 Å². The molecule has 176 valence electrons. The molecule has 5 aromatic rings. The maximum Gasteiger partial charge on any atom is 0.179 e. The molecule has 2 heterocycles. The van der Waals surface area contributed by atoms with Crippen LogP contribution >= 0.6 is 0 Å². The van der Waals surface area contributed by atoms with Gasteiger partial charge in [0.1, 0.15) is 12.4 Å². The van der Waals surface area contributed by atoms with Crippen LogP contribution in [-0.2, 0) is 19.6 Å². The van der Waals surface area contributed by atoms with Crippen molar-refractivity contribution in [1.29, 1.82) is 0 Å². The second-order valence-electron chi connectivity index (χ2n) is 8.95. The Morgan fingerprint density at radius 1 is 1.00 bits per heavy atom. The molecular formula is C29H29N5O. The minimum Gasteiger partial charge on any atom is -0.489 e. The van der Waals surface area contributed by atoms with Crippen LogP contribution in [0.4, 0.5) is 0 Å². The van der Waals surface area contributed by atoms with Crippen molar-refractivity contribution in [3.8, 4) is 28.3 Å². The molecule has 2 aromatic heterocycles. The lowest BCUT2D eigenvalue weighted by Crippen LogP contribution is -2.01. The minimum atomic E-state index is 0.508. The van der Waals surface area contributed by atoms with Crippen molar-refractivity contribution in [2.75, 3.05) is 0 Å². The van der Waals surface area contributed by atoms with Crippen LogP contribution in [0.3, 0.4) is 0 Å². The number of aromatic amines is 1. The van der Waals surface area contributed by atoms with E-state index in [0.717, 1.165) is 53.0 Å². The molecule has 0 aliphatic rings.